The summed E-state index contributed by atoms with van der Waals surface area (Å²) in [5.41, 5.74) is 5.49. The van der Waals surface area contributed by atoms with Gasteiger partial charge in [0, 0.05) is 31.9 Å². The number of nitrogens with one attached hydrogen (secondary N) is 1. The topological polar surface area (TPSA) is 72.9 Å². The Morgan fingerprint density at radius 2 is 2.00 bits per heavy atom. The zero-order chi connectivity index (χ0) is 12.7. The van der Waals surface area contributed by atoms with Gasteiger partial charge in [-0.3, -0.25) is 4.79 Å². The van der Waals surface area contributed by atoms with Crippen molar-refractivity contribution in [2.45, 2.75) is 45.2 Å². The molecule has 1 amide bonds. The summed E-state index contributed by atoms with van der Waals surface area (Å²) in [6, 6.07) is 0. The van der Waals surface area contributed by atoms with Gasteiger partial charge in [0.05, 0.1) is 11.9 Å². The quantitative estimate of drug-likeness (QED) is 0.806. The normalized spacial score (nSPS) is 10.3. The number of aromatic nitrogens is 2. The largest absolute Gasteiger partial charge is 0.349 e. The van der Waals surface area contributed by atoms with Gasteiger partial charge in [-0.15, -0.1) is 24.8 Å². The average Bonchev–Trinajstić information content (AvgIpc) is 2.87. The minimum atomic E-state index is -0.244. The lowest BCUT2D eigenvalue weighted by atomic mass is 9.93. The number of amides is 1. The molecule has 0 radical (unpaired) electrons. The Balaban J connectivity index is 0. The molecule has 0 unspecified atom stereocenters. The van der Waals surface area contributed by atoms with Crippen LogP contribution in [0, 0.1) is 0 Å². The summed E-state index contributed by atoms with van der Waals surface area (Å²) in [6.45, 7) is 5.23. The lowest BCUT2D eigenvalue weighted by Gasteiger charge is -2.31. The van der Waals surface area contributed by atoms with Crippen LogP contribution in [0.3, 0.4) is 0 Å². The Labute approximate surface area is 127 Å². The molecule has 1 heterocycles. The highest BCUT2D eigenvalue weighted by molar-refractivity contribution is 5.85. The summed E-state index contributed by atoms with van der Waals surface area (Å²) in [6.07, 6.45) is 7.44. The van der Waals surface area contributed by atoms with Crippen LogP contribution in [0.15, 0.2) is 18.7 Å². The van der Waals surface area contributed by atoms with E-state index in [-0.39, 0.29) is 36.3 Å². The SMILES string of the molecule is CCC(CC)(CN)NC(=O)CCn1ccnc1.Cl.Cl. The smallest absolute Gasteiger partial charge is 0.222 e. The van der Waals surface area contributed by atoms with Crippen LogP contribution >= 0.6 is 24.8 Å². The summed E-state index contributed by atoms with van der Waals surface area (Å²) in [4.78, 5) is 15.8. The maximum atomic E-state index is 11.8. The highest BCUT2D eigenvalue weighted by atomic mass is 35.5. The molecule has 0 aromatic carbocycles. The van der Waals surface area contributed by atoms with Crippen molar-refractivity contribution >= 4 is 30.7 Å². The molecule has 1 aromatic rings. The van der Waals surface area contributed by atoms with Crippen LogP contribution in [0.1, 0.15) is 33.1 Å². The Hall–Kier alpha value is -0.780. The summed E-state index contributed by atoms with van der Waals surface area (Å²) >= 11 is 0. The van der Waals surface area contributed by atoms with E-state index in [1.807, 2.05) is 24.6 Å². The van der Waals surface area contributed by atoms with E-state index >= 15 is 0 Å². The monoisotopic (exact) mass is 310 g/mol. The first-order valence-electron chi connectivity index (χ1n) is 6.12. The molecule has 0 aliphatic carbocycles. The van der Waals surface area contributed by atoms with Gasteiger partial charge in [0.2, 0.25) is 5.91 Å². The number of nitrogens with two attached hydrogens (primary N) is 1. The highest BCUT2D eigenvalue weighted by Crippen LogP contribution is 2.13. The van der Waals surface area contributed by atoms with Gasteiger partial charge in [-0.05, 0) is 12.8 Å². The van der Waals surface area contributed by atoms with Crippen LogP contribution in [-0.4, -0.2) is 27.5 Å². The molecular formula is C12H24Cl2N4O. The highest BCUT2D eigenvalue weighted by Gasteiger charge is 2.25. The number of rotatable bonds is 7. The van der Waals surface area contributed by atoms with Crippen molar-refractivity contribution in [3.05, 3.63) is 18.7 Å². The molecule has 112 valence electrons. The van der Waals surface area contributed by atoms with Gasteiger partial charge in [0.25, 0.3) is 0 Å². The predicted molar refractivity (Wildman–Crippen MR) is 81.9 cm³/mol. The number of halogens is 2. The number of carbonyl (C=O) groups is 1. The minimum Gasteiger partial charge on any atom is -0.349 e. The molecule has 0 bridgehead atoms. The number of nitrogens with zero attached hydrogens (tertiary/aromatic N) is 2. The third kappa shape index (κ3) is 6.27. The van der Waals surface area contributed by atoms with E-state index in [4.69, 9.17) is 5.73 Å². The van der Waals surface area contributed by atoms with Crippen LogP contribution in [-0.2, 0) is 11.3 Å². The van der Waals surface area contributed by atoms with Crippen LogP contribution in [0.5, 0.6) is 0 Å². The van der Waals surface area contributed by atoms with E-state index < -0.39 is 0 Å². The molecule has 0 spiro atoms. The molecule has 7 heteroatoms. The van der Waals surface area contributed by atoms with Gasteiger partial charge in [0.1, 0.15) is 0 Å². The van der Waals surface area contributed by atoms with E-state index in [0.717, 1.165) is 12.8 Å². The molecule has 0 atom stereocenters. The van der Waals surface area contributed by atoms with Crippen molar-refractivity contribution in [3.63, 3.8) is 0 Å². The second-order valence-corrected chi connectivity index (χ2v) is 4.29. The third-order valence-corrected chi connectivity index (χ3v) is 3.31. The third-order valence-electron chi connectivity index (χ3n) is 3.31. The van der Waals surface area contributed by atoms with E-state index in [1.165, 1.54) is 0 Å². The van der Waals surface area contributed by atoms with Crippen LogP contribution in [0.25, 0.3) is 0 Å². The first-order valence-corrected chi connectivity index (χ1v) is 6.12. The molecule has 0 saturated heterocycles. The number of imidazole rings is 1. The first kappa shape index (κ1) is 20.5. The van der Waals surface area contributed by atoms with Gasteiger partial charge in [-0.2, -0.15) is 0 Å². The predicted octanol–water partition coefficient (Wildman–Crippen LogP) is 1.75. The van der Waals surface area contributed by atoms with Crippen molar-refractivity contribution in [1.82, 2.24) is 14.9 Å². The second kappa shape index (κ2) is 10.1. The number of aryl methyl sites for hydroxylation is 1. The Morgan fingerprint density at radius 3 is 2.42 bits per heavy atom. The zero-order valence-electron chi connectivity index (χ0n) is 11.5. The Bertz CT molecular complexity index is 331. The van der Waals surface area contributed by atoms with Crippen LogP contribution < -0.4 is 11.1 Å². The molecule has 3 N–H and O–H groups in total. The van der Waals surface area contributed by atoms with Crippen LogP contribution in [0.2, 0.25) is 0 Å². The summed E-state index contributed by atoms with van der Waals surface area (Å²) in [7, 11) is 0. The van der Waals surface area contributed by atoms with E-state index in [1.54, 1.807) is 12.5 Å². The van der Waals surface area contributed by atoms with Crippen molar-refractivity contribution in [3.8, 4) is 0 Å². The van der Waals surface area contributed by atoms with Gasteiger partial charge < -0.3 is 15.6 Å². The lowest BCUT2D eigenvalue weighted by molar-refractivity contribution is -0.123. The first-order chi connectivity index (χ1) is 8.15. The molecule has 0 aliphatic heterocycles. The summed E-state index contributed by atoms with van der Waals surface area (Å²) in [5, 5.41) is 3.04. The van der Waals surface area contributed by atoms with Crippen molar-refractivity contribution < 1.29 is 4.79 Å². The summed E-state index contributed by atoms with van der Waals surface area (Å²) in [5.74, 6) is 0.0489. The molecule has 0 aliphatic rings. The molecule has 0 fully saturated rings. The minimum absolute atomic E-state index is 0. The van der Waals surface area contributed by atoms with Gasteiger partial charge in [-0.25, -0.2) is 4.98 Å². The van der Waals surface area contributed by atoms with Gasteiger partial charge in [0.15, 0.2) is 0 Å². The fourth-order valence-corrected chi connectivity index (χ4v) is 1.77. The molecule has 19 heavy (non-hydrogen) atoms. The maximum absolute atomic E-state index is 11.8. The molecule has 0 saturated carbocycles. The number of hydrogen-bond donors (Lipinski definition) is 2. The molecule has 1 aromatic heterocycles. The lowest BCUT2D eigenvalue weighted by Crippen LogP contribution is -2.53. The number of carbonyl (C=O) groups excluding carboxylic acids is 1. The number of hydrogen-bond acceptors (Lipinski definition) is 3. The Kier molecular flexibility index (Phi) is 10.9. The second-order valence-electron chi connectivity index (χ2n) is 4.29. The maximum Gasteiger partial charge on any atom is 0.222 e. The summed E-state index contributed by atoms with van der Waals surface area (Å²) < 4.78 is 1.89. The van der Waals surface area contributed by atoms with Crippen molar-refractivity contribution in [2.24, 2.45) is 5.73 Å². The zero-order valence-corrected chi connectivity index (χ0v) is 13.1. The van der Waals surface area contributed by atoms with Crippen LogP contribution in [0.4, 0.5) is 0 Å². The molecule has 5 nitrogen and oxygen atoms in total. The van der Waals surface area contributed by atoms with Gasteiger partial charge in [-0.1, -0.05) is 13.8 Å². The fourth-order valence-electron chi connectivity index (χ4n) is 1.77. The fraction of sp³-hybridized carbons (Fsp3) is 0.667. The van der Waals surface area contributed by atoms with E-state index in [9.17, 15) is 4.79 Å². The molecule has 1 rings (SSSR count). The standard InChI is InChI=1S/C12H22N4O.2ClH/c1-3-12(4-2,9-13)15-11(17)5-7-16-8-6-14-10-16;;/h6,8,10H,3-5,7,9,13H2,1-2H3,(H,15,17);2*1H. The van der Waals surface area contributed by atoms with Gasteiger partial charge >= 0.3 is 0 Å². The molecular weight excluding hydrogens is 287 g/mol. The van der Waals surface area contributed by atoms with Crippen molar-refractivity contribution in [1.29, 1.82) is 0 Å². The average molecular weight is 311 g/mol. The Morgan fingerprint density at radius 1 is 1.37 bits per heavy atom. The van der Waals surface area contributed by atoms with E-state index in [0.29, 0.717) is 19.5 Å². The van der Waals surface area contributed by atoms with Crippen molar-refractivity contribution in [2.75, 3.05) is 6.54 Å². The van der Waals surface area contributed by atoms with E-state index in [2.05, 4.69) is 10.3 Å².